The summed E-state index contributed by atoms with van der Waals surface area (Å²) in [6.45, 7) is 8.34. The molecule has 2 saturated heterocycles. The Morgan fingerprint density at radius 2 is 2.12 bits per heavy atom. The van der Waals surface area contributed by atoms with Crippen LogP contribution in [0.4, 0.5) is 0 Å². The first-order valence-corrected chi connectivity index (χ1v) is 9.42. The van der Waals surface area contributed by atoms with Gasteiger partial charge in [0.2, 0.25) is 0 Å². The van der Waals surface area contributed by atoms with Crippen LogP contribution in [0.25, 0.3) is 0 Å². The van der Waals surface area contributed by atoms with Crippen LogP contribution in [0.3, 0.4) is 0 Å². The van der Waals surface area contributed by atoms with Gasteiger partial charge >= 0.3 is 11.9 Å². The van der Waals surface area contributed by atoms with Crippen LogP contribution in [0.5, 0.6) is 0 Å². The molecule has 140 valence electrons. The van der Waals surface area contributed by atoms with E-state index in [1.807, 2.05) is 27.7 Å². The molecule has 7 atom stereocenters. The van der Waals surface area contributed by atoms with Crippen molar-refractivity contribution in [1.82, 2.24) is 0 Å². The Bertz CT molecular complexity index is 633. The summed E-state index contributed by atoms with van der Waals surface area (Å²) in [7, 11) is 0. The fraction of sp³-hybridized carbons (Fsp3) is 0.895. The Morgan fingerprint density at radius 1 is 1.40 bits per heavy atom. The minimum atomic E-state index is -1.25. The molecular weight excluding hydrogens is 324 g/mol. The van der Waals surface area contributed by atoms with Gasteiger partial charge in [-0.15, -0.1) is 0 Å². The van der Waals surface area contributed by atoms with Gasteiger partial charge in [-0.2, -0.15) is 0 Å². The SMILES string of the molecule is CCCC(=O)O[C@@H]1C[C@]23OC(=O)C[C@]2(C[C@@]2(O)OC[C@]3(C)[C@@H]2C)[C@@H]1C. The molecule has 2 heterocycles. The molecular formula is C19H28O6. The molecule has 1 N–H and O–H groups in total. The summed E-state index contributed by atoms with van der Waals surface area (Å²) in [6.07, 6.45) is 1.95. The van der Waals surface area contributed by atoms with E-state index in [9.17, 15) is 14.7 Å². The molecule has 6 heteroatoms. The van der Waals surface area contributed by atoms with E-state index in [2.05, 4.69) is 0 Å². The quantitative estimate of drug-likeness (QED) is 0.784. The Balaban J connectivity index is 1.77. The first-order chi connectivity index (χ1) is 11.6. The summed E-state index contributed by atoms with van der Waals surface area (Å²) >= 11 is 0. The predicted octanol–water partition coefficient (Wildman–Crippen LogP) is 2.18. The zero-order chi connectivity index (χ0) is 18.3. The lowest BCUT2D eigenvalue weighted by Crippen LogP contribution is -2.64. The van der Waals surface area contributed by atoms with Crippen LogP contribution in [0.15, 0.2) is 0 Å². The first kappa shape index (κ1) is 17.3. The van der Waals surface area contributed by atoms with Crippen LogP contribution >= 0.6 is 0 Å². The van der Waals surface area contributed by atoms with Crippen LogP contribution < -0.4 is 0 Å². The topological polar surface area (TPSA) is 82.1 Å². The van der Waals surface area contributed by atoms with Crippen molar-refractivity contribution in [2.75, 3.05) is 6.61 Å². The highest BCUT2D eigenvalue weighted by Gasteiger charge is 2.84. The molecule has 2 bridgehead atoms. The van der Waals surface area contributed by atoms with Crippen molar-refractivity contribution in [3.05, 3.63) is 0 Å². The highest BCUT2D eigenvalue weighted by Crippen LogP contribution is 2.75. The number of hydrogen-bond donors (Lipinski definition) is 1. The molecule has 0 spiro atoms. The molecule has 0 amide bonds. The first-order valence-electron chi connectivity index (χ1n) is 9.42. The van der Waals surface area contributed by atoms with Crippen LogP contribution in [0.2, 0.25) is 0 Å². The highest BCUT2D eigenvalue weighted by atomic mass is 16.6. The smallest absolute Gasteiger partial charge is 0.307 e. The lowest BCUT2D eigenvalue weighted by atomic mass is 9.48. The maximum atomic E-state index is 12.4. The van der Waals surface area contributed by atoms with Crippen molar-refractivity contribution >= 4 is 11.9 Å². The van der Waals surface area contributed by atoms with Crippen molar-refractivity contribution < 1.29 is 28.9 Å². The summed E-state index contributed by atoms with van der Waals surface area (Å²) in [5, 5.41) is 11.1. The number of carbonyl (C=O) groups excluding carboxylic acids is 2. The van der Waals surface area contributed by atoms with Crippen molar-refractivity contribution in [2.24, 2.45) is 22.7 Å². The molecule has 0 unspecified atom stereocenters. The number of aliphatic hydroxyl groups is 1. The van der Waals surface area contributed by atoms with E-state index in [4.69, 9.17) is 14.2 Å². The monoisotopic (exact) mass is 352 g/mol. The molecule has 2 aliphatic carbocycles. The van der Waals surface area contributed by atoms with E-state index in [1.54, 1.807) is 0 Å². The van der Waals surface area contributed by atoms with Gasteiger partial charge in [0.25, 0.3) is 0 Å². The average Bonchev–Trinajstić information content (AvgIpc) is 3.00. The Morgan fingerprint density at radius 3 is 2.80 bits per heavy atom. The van der Waals surface area contributed by atoms with Crippen molar-refractivity contribution in [2.45, 2.75) is 77.3 Å². The minimum absolute atomic E-state index is 0.0696. The normalized spacial score (nSPS) is 53.3. The standard InChI is InChI=1S/C19H28O6/c1-5-6-14(20)24-13-7-19-16(4)10-23-18(22,12(16)3)9-17(19,11(13)2)8-15(21)25-19/h11-13,22H,5-10H2,1-4H3/t11-,12+,13-,16-,17+,18-,19-/m1/s1. The lowest BCUT2D eigenvalue weighted by molar-refractivity contribution is -0.257. The number of hydrogen-bond acceptors (Lipinski definition) is 6. The van der Waals surface area contributed by atoms with Gasteiger partial charge < -0.3 is 19.3 Å². The summed E-state index contributed by atoms with van der Waals surface area (Å²) in [5.74, 6) is -1.89. The molecule has 4 rings (SSSR count). The van der Waals surface area contributed by atoms with E-state index in [0.717, 1.165) is 6.42 Å². The third-order valence-electron chi connectivity index (χ3n) is 7.95. The van der Waals surface area contributed by atoms with Gasteiger partial charge in [-0.05, 0) is 6.42 Å². The second-order valence-electron chi connectivity index (χ2n) is 8.85. The summed E-state index contributed by atoms with van der Waals surface area (Å²) < 4.78 is 17.7. The molecule has 2 aliphatic heterocycles. The zero-order valence-electron chi connectivity index (χ0n) is 15.5. The van der Waals surface area contributed by atoms with E-state index in [-0.39, 0.29) is 36.3 Å². The van der Waals surface area contributed by atoms with E-state index >= 15 is 0 Å². The van der Waals surface area contributed by atoms with Gasteiger partial charge in [-0.3, -0.25) is 9.59 Å². The fourth-order valence-electron chi connectivity index (χ4n) is 6.33. The molecule has 0 aromatic heterocycles. The number of fused-ring (bicyclic) bond motifs is 2. The third-order valence-corrected chi connectivity index (χ3v) is 7.95. The predicted molar refractivity (Wildman–Crippen MR) is 87.2 cm³/mol. The van der Waals surface area contributed by atoms with Gasteiger partial charge in [-0.1, -0.05) is 27.7 Å². The minimum Gasteiger partial charge on any atom is -0.462 e. The molecule has 2 saturated carbocycles. The van der Waals surface area contributed by atoms with Crippen molar-refractivity contribution in [3.63, 3.8) is 0 Å². The largest absolute Gasteiger partial charge is 0.462 e. The maximum absolute atomic E-state index is 12.4. The summed E-state index contributed by atoms with van der Waals surface area (Å²) in [5.41, 5.74) is -1.78. The zero-order valence-corrected chi connectivity index (χ0v) is 15.5. The molecule has 4 fully saturated rings. The molecule has 0 radical (unpaired) electrons. The number of ether oxygens (including phenoxy) is 3. The Kier molecular flexibility index (Phi) is 3.44. The molecule has 0 aromatic carbocycles. The molecule has 4 aliphatic rings. The van der Waals surface area contributed by atoms with Gasteiger partial charge in [0, 0.05) is 41.9 Å². The second kappa shape index (κ2) is 4.97. The van der Waals surface area contributed by atoms with E-state index in [0.29, 0.717) is 25.9 Å². The Hall–Kier alpha value is -1.14. The van der Waals surface area contributed by atoms with Crippen LogP contribution in [-0.4, -0.2) is 41.1 Å². The number of carbonyl (C=O) groups is 2. The van der Waals surface area contributed by atoms with Crippen molar-refractivity contribution in [1.29, 1.82) is 0 Å². The lowest BCUT2D eigenvalue weighted by Gasteiger charge is -2.56. The van der Waals surface area contributed by atoms with Crippen LogP contribution in [0.1, 0.15) is 59.8 Å². The molecule has 25 heavy (non-hydrogen) atoms. The number of rotatable bonds is 3. The average molecular weight is 352 g/mol. The highest BCUT2D eigenvalue weighted by molar-refractivity contribution is 5.76. The number of esters is 2. The second-order valence-corrected chi connectivity index (χ2v) is 8.85. The maximum Gasteiger partial charge on any atom is 0.307 e. The van der Waals surface area contributed by atoms with Gasteiger partial charge in [0.05, 0.1) is 13.0 Å². The fourth-order valence-corrected chi connectivity index (χ4v) is 6.33. The Labute approximate surface area is 148 Å². The van der Waals surface area contributed by atoms with Gasteiger partial charge in [0.1, 0.15) is 11.7 Å². The van der Waals surface area contributed by atoms with E-state index in [1.165, 1.54) is 0 Å². The third kappa shape index (κ3) is 1.82. The van der Waals surface area contributed by atoms with Crippen molar-refractivity contribution in [3.8, 4) is 0 Å². The molecule has 0 aromatic rings. The van der Waals surface area contributed by atoms with Gasteiger partial charge in [0.15, 0.2) is 5.79 Å². The van der Waals surface area contributed by atoms with Crippen LogP contribution in [0, 0.1) is 22.7 Å². The summed E-state index contributed by atoms with van der Waals surface area (Å²) in [4.78, 5) is 24.5. The summed E-state index contributed by atoms with van der Waals surface area (Å²) in [6, 6.07) is 0. The van der Waals surface area contributed by atoms with Gasteiger partial charge in [-0.25, -0.2) is 0 Å². The van der Waals surface area contributed by atoms with Crippen LogP contribution in [-0.2, 0) is 23.8 Å². The van der Waals surface area contributed by atoms with E-state index < -0.39 is 22.2 Å². The molecule has 6 nitrogen and oxygen atoms in total.